The molecule has 0 heterocycles. The van der Waals surface area contributed by atoms with Gasteiger partial charge in [-0.25, -0.2) is 0 Å². The number of nitriles is 1. The Morgan fingerprint density at radius 2 is 2.10 bits per heavy atom. The van der Waals surface area contributed by atoms with E-state index in [1.165, 1.54) is 0 Å². The lowest BCUT2D eigenvalue weighted by molar-refractivity contribution is 0.423. The molecule has 0 fully saturated rings. The van der Waals surface area contributed by atoms with Gasteiger partial charge in [0.25, 0.3) is 0 Å². The van der Waals surface area contributed by atoms with E-state index in [9.17, 15) is 0 Å². The van der Waals surface area contributed by atoms with E-state index >= 15 is 0 Å². The Bertz CT molecular complexity index is 113. The zero-order valence-corrected chi connectivity index (χ0v) is 6.80. The van der Waals surface area contributed by atoms with Crippen LogP contribution >= 0.6 is 0 Å². The van der Waals surface area contributed by atoms with E-state index in [4.69, 9.17) is 11.0 Å². The van der Waals surface area contributed by atoms with Gasteiger partial charge in [0.1, 0.15) is 0 Å². The van der Waals surface area contributed by atoms with Crippen LogP contribution in [0.1, 0.15) is 26.7 Å². The van der Waals surface area contributed by atoms with Gasteiger partial charge in [0.2, 0.25) is 0 Å². The summed E-state index contributed by atoms with van der Waals surface area (Å²) in [4.78, 5) is 0. The minimum absolute atomic E-state index is 0.407. The van der Waals surface area contributed by atoms with E-state index in [0.29, 0.717) is 24.8 Å². The monoisotopic (exact) mass is 140 g/mol. The van der Waals surface area contributed by atoms with Crippen LogP contribution in [0.4, 0.5) is 0 Å². The standard InChI is InChI=1S/C8H16N2/c1-7(2)5-8(6-10)3-4-9/h7-8H,3,5-6,10H2,1-2H3. The van der Waals surface area contributed by atoms with E-state index in [1.807, 2.05) is 0 Å². The van der Waals surface area contributed by atoms with Gasteiger partial charge in [-0.1, -0.05) is 13.8 Å². The van der Waals surface area contributed by atoms with Gasteiger partial charge in [-0.05, 0) is 24.8 Å². The zero-order valence-electron chi connectivity index (χ0n) is 6.80. The van der Waals surface area contributed by atoms with Crippen molar-refractivity contribution in [1.29, 1.82) is 5.26 Å². The lowest BCUT2D eigenvalue weighted by Crippen LogP contribution is -2.15. The van der Waals surface area contributed by atoms with Crippen LogP contribution in [0.2, 0.25) is 0 Å². The smallest absolute Gasteiger partial charge is 0.0625 e. The molecule has 0 radical (unpaired) electrons. The van der Waals surface area contributed by atoms with Crippen molar-refractivity contribution >= 4 is 0 Å². The number of hydrogen-bond acceptors (Lipinski definition) is 2. The Balaban J connectivity index is 3.52. The van der Waals surface area contributed by atoms with Crippen LogP contribution in [-0.2, 0) is 0 Å². The number of nitrogens with zero attached hydrogens (tertiary/aromatic N) is 1. The lowest BCUT2D eigenvalue weighted by atomic mass is 9.95. The van der Waals surface area contributed by atoms with Gasteiger partial charge in [0, 0.05) is 6.42 Å². The number of nitrogens with two attached hydrogens (primary N) is 1. The summed E-state index contributed by atoms with van der Waals surface area (Å²) in [7, 11) is 0. The second-order valence-electron chi connectivity index (χ2n) is 3.09. The van der Waals surface area contributed by atoms with Gasteiger partial charge in [-0.3, -0.25) is 0 Å². The predicted molar refractivity (Wildman–Crippen MR) is 42.2 cm³/mol. The van der Waals surface area contributed by atoms with Crippen molar-refractivity contribution in [3.8, 4) is 6.07 Å². The van der Waals surface area contributed by atoms with Crippen LogP contribution in [-0.4, -0.2) is 6.54 Å². The van der Waals surface area contributed by atoms with Gasteiger partial charge in [-0.15, -0.1) is 0 Å². The molecule has 1 atom stereocenters. The molecule has 2 nitrogen and oxygen atoms in total. The first kappa shape index (κ1) is 9.45. The van der Waals surface area contributed by atoms with Crippen molar-refractivity contribution in [2.75, 3.05) is 6.54 Å². The molecule has 0 spiro atoms. The highest BCUT2D eigenvalue weighted by Gasteiger charge is 2.07. The van der Waals surface area contributed by atoms with E-state index in [2.05, 4.69) is 19.9 Å². The van der Waals surface area contributed by atoms with Crippen LogP contribution in [0, 0.1) is 23.2 Å². The fraction of sp³-hybridized carbons (Fsp3) is 0.875. The fourth-order valence-electron chi connectivity index (χ4n) is 1.06. The van der Waals surface area contributed by atoms with E-state index in [0.717, 1.165) is 6.42 Å². The zero-order chi connectivity index (χ0) is 7.98. The Kier molecular flexibility index (Phi) is 4.96. The fourth-order valence-corrected chi connectivity index (χ4v) is 1.06. The Hall–Kier alpha value is -0.550. The van der Waals surface area contributed by atoms with Crippen molar-refractivity contribution in [1.82, 2.24) is 0 Å². The van der Waals surface area contributed by atoms with Crippen LogP contribution in [0.25, 0.3) is 0 Å². The summed E-state index contributed by atoms with van der Waals surface area (Å²) in [5, 5.41) is 8.38. The third-order valence-electron chi connectivity index (χ3n) is 1.52. The third-order valence-corrected chi connectivity index (χ3v) is 1.52. The molecule has 0 saturated heterocycles. The second-order valence-corrected chi connectivity index (χ2v) is 3.09. The highest BCUT2D eigenvalue weighted by molar-refractivity contribution is 4.76. The Morgan fingerprint density at radius 1 is 1.50 bits per heavy atom. The molecule has 0 aliphatic rings. The van der Waals surface area contributed by atoms with E-state index in [1.54, 1.807) is 0 Å². The highest BCUT2D eigenvalue weighted by atomic mass is 14.5. The molecule has 0 aromatic heterocycles. The van der Waals surface area contributed by atoms with Gasteiger partial charge in [0.15, 0.2) is 0 Å². The summed E-state index contributed by atoms with van der Waals surface area (Å²) in [5.74, 6) is 1.06. The van der Waals surface area contributed by atoms with Crippen LogP contribution in [0.15, 0.2) is 0 Å². The minimum atomic E-state index is 0.407. The molecule has 1 unspecified atom stereocenters. The molecule has 0 aromatic carbocycles. The molecule has 58 valence electrons. The molecule has 0 aromatic rings. The van der Waals surface area contributed by atoms with E-state index in [-0.39, 0.29) is 0 Å². The predicted octanol–water partition coefficient (Wildman–Crippen LogP) is 1.52. The maximum absolute atomic E-state index is 8.38. The molecule has 2 heteroatoms. The van der Waals surface area contributed by atoms with Gasteiger partial charge in [0.05, 0.1) is 6.07 Å². The maximum atomic E-state index is 8.38. The quantitative estimate of drug-likeness (QED) is 0.643. The van der Waals surface area contributed by atoms with Crippen molar-refractivity contribution in [3.63, 3.8) is 0 Å². The summed E-state index contributed by atoms with van der Waals surface area (Å²) in [6, 6.07) is 2.14. The number of hydrogen-bond donors (Lipinski definition) is 1. The van der Waals surface area contributed by atoms with Crippen LogP contribution < -0.4 is 5.73 Å². The molecule has 0 aliphatic heterocycles. The van der Waals surface area contributed by atoms with Crippen molar-refractivity contribution in [3.05, 3.63) is 0 Å². The molecular formula is C8H16N2. The molecule has 2 N–H and O–H groups in total. The third kappa shape index (κ3) is 4.34. The Morgan fingerprint density at radius 3 is 2.40 bits per heavy atom. The molecule has 0 amide bonds. The Labute approximate surface area is 63.0 Å². The topological polar surface area (TPSA) is 49.8 Å². The first-order chi connectivity index (χ1) is 4.70. The van der Waals surface area contributed by atoms with Crippen LogP contribution in [0.3, 0.4) is 0 Å². The average Bonchev–Trinajstić information content (AvgIpc) is 1.86. The van der Waals surface area contributed by atoms with Gasteiger partial charge in [-0.2, -0.15) is 5.26 Å². The average molecular weight is 140 g/mol. The molecule has 10 heavy (non-hydrogen) atoms. The first-order valence-corrected chi connectivity index (χ1v) is 3.77. The summed E-state index contributed by atoms with van der Waals surface area (Å²) >= 11 is 0. The molecular weight excluding hydrogens is 124 g/mol. The summed E-state index contributed by atoms with van der Waals surface area (Å²) in [6.45, 7) is 4.95. The SMILES string of the molecule is CC(C)CC(CN)CC#N. The normalized spacial score (nSPS) is 13.1. The minimum Gasteiger partial charge on any atom is -0.330 e. The highest BCUT2D eigenvalue weighted by Crippen LogP contribution is 2.12. The van der Waals surface area contributed by atoms with Crippen molar-refractivity contribution in [2.45, 2.75) is 26.7 Å². The summed E-state index contributed by atoms with van der Waals surface area (Å²) in [5.41, 5.74) is 5.46. The van der Waals surface area contributed by atoms with Crippen molar-refractivity contribution in [2.24, 2.45) is 17.6 Å². The number of rotatable bonds is 4. The largest absolute Gasteiger partial charge is 0.330 e. The van der Waals surface area contributed by atoms with Gasteiger partial charge >= 0.3 is 0 Å². The van der Waals surface area contributed by atoms with Crippen LogP contribution in [0.5, 0.6) is 0 Å². The molecule has 0 saturated carbocycles. The summed E-state index contributed by atoms with van der Waals surface area (Å²) in [6.07, 6.45) is 1.68. The lowest BCUT2D eigenvalue weighted by Gasteiger charge is -2.12. The maximum Gasteiger partial charge on any atom is 0.0625 e. The first-order valence-electron chi connectivity index (χ1n) is 3.77. The molecule has 0 bridgehead atoms. The van der Waals surface area contributed by atoms with Crippen molar-refractivity contribution < 1.29 is 0 Å². The molecule has 0 aliphatic carbocycles. The summed E-state index contributed by atoms with van der Waals surface area (Å²) < 4.78 is 0. The van der Waals surface area contributed by atoms with Gasteiger partial charge < -0.3 is 5.73 Å². The second kappa shape index (κ2) is 5.25. The molecule has 0 rings (SSSR count). The van der Waals surface area contributed by atoms with E-state index < -0.39 is 0 Å².